The molecule has 0 unspecified atom stereocenters. The van der Waals surface area contributed by atoms with E-state index in [1.54, 1.807) is 17.9 Å². The van der Waals surface area contributed by atoms with Crippen LogP contribution in [0.5, 0.6) is 11.5 Å². The summed E-state index contributed by atoms with van der Waals surface area (Å²) in [6.45, 7) is 4.66. The average Bonchev–Trinajstić information content (AvgIpc) is 3.06. The number of ether oxygens (including phenoxy) is 2. The molecular formula is C18H18N2O5. The Morgan fingerprint density at radius 3 is 2.64 bits per heavy atom. The summed E-state index contributed by atoms with van der Waals surface area (Å²) in [6.07, 6.45) is 0. The molecule has 7 heteroatoms. The van der Waals surface area contributed by atoms with Gasteiger partial charge in [0, 0.05) is 30.3 Å². The standard InChI is InChI=1S/C18H18N2O5/c1-3-19(10-13-4-7-16-17(9-13)25-11-24-16)18(21)14-5-6-15(20(22)23)12(2)8-14/h4-9H,3,10-11H2,1-2H3. The Hall–Kier alpha value is -3.09. The van der Waals surface area contributed by atoms with Gasteiger partial charge in [0.2, 0.25) is 6.79 Å². The lowest BCUT2D eigenvalue weighted by atomic mass is 10.1. The minimum absolute atomic E-state index is 0.00960. The lowest BCUT2D eigenvalue weighted by molar-refractivity contribution is -0.385. The van der Waals surface area contributed by atoms with E-state index in [1.165, 1.54) is 12.1 Å². The van der Waals surface area contributed by atoms with Gasteiger partial charge in [-0.2, -0.15) is 0 Å². The predicted molar refractivity (Wildman–Crippen MR) is 90.8 cm³/mol. The number of nitro groups is 1. The van der Waals surface area contributed by atoms with E-state index >= 15 is 0 Å². The SMILES string of the molecule is CCN(Cc1ccc2c(c1)OCO2)C(=O)c1ccc([N+](=O)[O-])c(C)c1. The van der Waals surface area contributed by atoms with Gasteiger partial charge in [-0.05, 0) is 43.7 Å². The normalized spacial score (nSPS) is 12.1. The van der Waals surface area contributed by atoms with Gasteiger partial charge in [-0.15, -0.1) is 0 Å². The van der Waals surface area contributed by atoms with Crippen LogP contribution in [0.1, 0.15) is 28.4 Å². The number of carbonyl (C=O) groups excluding carboxylic acids is 1. The first-order chi connectivity index (χ1) is 12.0. The van der Waals surface area contributed by atoms with Crippen molar-refractivity contribution in [1.29, 1.82) is 0 Å². The van der Waals surface area contributed by atoms with E-state index in [2.05, 4.69) is 0 Å². The van der Waals surface area contributed by atoms with Crippen molar-refractivity contribution in [3.63, 3.8) is 0 Å². The highest BCUT2D eigenvalue weighted by Gasteiger charge is 2.19. The molecule has 7 nitrogen and oxygen atoms in total. The van der Waals surface area contributed by atoms with Crippen LogP contribution in [-0.4, -0.2) is 29.1 Å². The molecule has 1 aliphatic rings. The molecule has 130 valence electrons. The van der Waals surface area contributed by atoms with E-state index in [0.29, 0.717) is 35.7 Å². The van der Waals surface area contributed by atoms with Gasteiger partial charge in [0.15, 0.2) is 11.5 Å². The maximum absolute atomic E-state index is 12.7. The number of amides is 1. The second-order valence-electron chi connectivity index (χ2n) is 5.77. The molecule has 0 radical (unpaired) electrons. The van der Waals surface area contributed by atoms with Gasteiger partial charge >= 0.3 is 0 Å². The first kappa shape index (κ1) is 16.8. The highest BCUT2D eigenvalue weighted by atomic mass is 16.7. The minimum Gasteiger partial charge on any atom is -0.454 e. The monoisotopic (exact) mass is 342 g/mol. The third-order valence-electron chi connectivity index (χ3n) is 4.12. The number of nitrogens with zero attached hydrogens (tertiary/aromatic N) is 2. The molecule has 0 spiro atoms. The zero-order valence-corrected chi connectivity index (χ0v) is 14.0. The van der Waals surface area contributed by atoms with Crippen molar-refractivity contribution < 1.29 is 19.2 Å². The molecule has 0 fully saturated rings. The number of benzene rings is 2. The molecule has 2 aromatic carbocycles. The van der Waals surface area contributed by atoms with Crippen molar-refractivity contribution >= 4 is 11.6 Å². The second kappa shape index (κ2) is 6.80. The van der Waals surface area contributed by atoms with Gasteiger partial charge in [0.1, 0.15) is 0 Å². The Balaban J connectivity index is 1.79. The molecule has 0 bridgehead atoms. The number of aryl methyl sites for hydroxylation is 1. The van der Waals surface area contributed by atoms with Crippen LogP contribution < -0.4 is 9.47 Å². The molecule has 0 aliphatic carbocycles. The van der Waals surface area contributed by atoms with Crippen LogP contribution in [0, 0.1) is 17.0 Å². The Morgan fingerprint density at radius 2 is 1.96 bits per heavy atom. The zero-order valence-electron chi connectivity index (χ0n) is 14.0. The van der Waals surface area contributed by atoms with Gasteiger partial charge in [-0.1, -0.05) is 6.07 Å². The summed E-state index contributed by atoms with van der Waals surface area (Å²) in [7, 11) is 0. The van der Waals surface area contributed by atoms with Gasteiger partial charge in [0.25, 0.3) is 11.6 Å². The van der Waals surface area contributed by atoms with E-state index in [9.17, 15) is 14.9 Å². The van der Waals surface area contributed by atoms with Gasteiger partial charge in [-0.3, -0.25) is 14.9 Å². The number of carbonyl (C=O) groups is 1. The third kappa shape index (κ3) is 3.40. The average molecular weight is 342 g/mol. The Morgan fingerprint density at radius 1 is 1.20 bits per heavy atom. The number of nitro benzene ring substituents is 1. The van der Waals surface area contributed by atoms with Crippen LogP contribution >= 0.6 is 0 Å². The summed E-state index contributed by atoms with van der Waals surface area (Å²) in [6, 6.07) is 10.0. The van der Waals surface area contributed by atoms with E-state index < -0.39 is 4.92 Å². The summed E-state index contributed by atoms with van der Waals surface area (Å²) < 4.78 is 10.6. The fourth-order valence-electron chi connectivity index (χ4n) is 2.76. The van der Waals surface area contributed by atoms with Crippen molar-refractivity contribution in [1.82, 2.24) is 4.90 Å². The van der Waals surface area contributed by atoms with E-state index in [-0.39, 0.29) is 18.4 Å². The molecule has 1 aliphatic heterocycles. The lowest BCUT2D eigenvalue weighted by Gasteiger charge is -2.21. The topological polar surface area (TPSA) is 81.9 Å². The zero-order chi connectivity index (χ0) is 18.0. The molecule has 0 aromatic heterocycles. The molecule has 0 atom stereocenters. The first-order valence-electron chi connectivity index (χ1n) is 7.92. The molecule has 0 saturated carbocycles. The maximum Gasteiger partial charge on any atom is 0.272 e. The summed E-state index contributed by atoms with van der Waals surface area (Å²) in [5.41, 5.74) is 1.84. The van der Waals surface area contributed by atoms with Crippen molar-refractivity contribution in [3.05, 3.63) is 63.2 Å². The fourth-order valence-corrected chi connectivity index (χ4v) is 2.76. The summed E-state index contributed by atoms with van der Waals surface area (Å²) >= 11 is 0. The second-order valence-corrected chi connectivity index (χ2v) is 5.77. The van der Waals surface area contributed by atoms with Crippen molar-refractivity contribution in [2.24, 2.45) is 0 Å². The Kier molecular flexibility index (Phi) is 4.56. The fraction of sp³-hybridized carbons (Fsp3) is 0.278. The van der Waals surface area contributed by atoms with Crippen LogP contribution in [0.25, 0.3) is 0 Å². The van der Waals surface area contributed by atoms with Crippen molar-refractivity contribution in [2.75, 3.05) is 13.3 Å². The van der Waals surface area contributed by atoms with Gasteiger partial charge in [-0.25, -0.2) is 0 Å². The molecule has 3 rings (SSSR count). The number of hydrogen-bond acceptors (Lipinski definition) is 5. The number of rotatable bonds is 5. The summed E-state index contributed by atoms with van der Waals surface area (Å²) in [5.74, 6) is 1.20. The van der Waals surface area contributed by atoms with Gasteiger partial charge in [0.05, 0.1) is 4.92 Å². The highest BCUT2D eigenvalue weighted by Crippen LogP contribution is 2.33. The highest BCUT2D eigenvalue weighted by molar-refractivity contribution is 5.94. The van der Waals surface area contributed by atoms with E-state index in [1.807, 2.05) is 25.1 Å². The van der Waals surface area contributed by atoms with E-state index in [4.69, 9.17) is 9.47 Å². The Bertz CT molecular complexity index is 834. The molecule has 0 N–H and O–H groups in total. The van der Waals surface area contributed by atoms with Crippen molar-refractivity contribution in [3.8, 4) is 11.5 Å². The van der Waals surface area contributed by atoms with Crippen LogP contribution in [0.4, 0.5) is 5.69 Å². The number of fused-ring (bicyclic) bond motifs is 1. The van der Waals surface area contributed by atoms with Crippen LogP contribution in [0.3, 0.4) is 0 Å². The minimum atomic E-state index is -0.451. The largest absolute Gasteiger partial charge is 0.454 e. The molecule has 1 amide bonds. The summed E-state index contributed by atoms with van der Waals surface area (Å²) in [4.78, 5) is 24.9. The van der Waals surface area contributed by atoms with Crippen LogP contribution in [-0.2, 0) is 6.54 Å². The molecule has 25 heavy (non-hydrogen) atoms. The quantitative estimate of drug-likeness (QED) is 0.615. The van der Waals surface area contributed by atoms with Gasteiger partial charge < -0.3 is 14.4 Å². The molecule has 2 aromatic rings. The lowest BCUT2D eigenvalue weighted by Crippen LogP contribution is -2.30. The Labute approximate surface area is 144 Å². The summed E-state index contributed by atoms with van der Waals surface area (Å²) in [5, 5.41) is 10.9. The van der Waals surface area contributed by atoms with E-state index in [0.717, 1.165) is 5.56 Å². The first-order valence-corrected chi connectivity index (χ1v) is 7.92. The number of hydrogen-bond donors (Lipinski definition) is 0. The van der Waals surface area contributed by atoms with Crippen LogP contribution in [0.2, 0.25) is 0 Å². The maximum atomic E-state index is 12.7. The van der Waals surface area contributed by atoms with Crippen molar-refractivity contribution in [2.45, 2.75) is 20.4 Å². The molecule has 0 saturated heterocycles. The molecular weight excluding hydrogens is 324 g/mol. The third-order valence-corrected chi connectivity index (χ3v) is 4.12. The van der Waals surface area contributed by atoms with Crippen LogP contribution in [0.15, 0.2) is 36.4 Å². The molecule has 1 heterocycles. The smallest absolute Gasteiger partial charge is 0.272 e. The predicted octanol–water partition coefficient (Wildman–Crippen LogP) is 3.29.